The molecule has 0 atom stereocenters. The van der Waals surface area contributed by atoms with Gasteiger partial charge in [-0.1, -0.05) is 36.4 Å². The van der Waals surface area contributed by atoms with Gasteiger partial charge in [0.2, 0.25) is 0 Å². The van der Waals surface area contributed by atoms with Gasteiger partial charge < -0.3 is 5.11 Å². The minimum Gasteiger partial charge on any atom is -0.481 e. The Bertz CT molecular complexity index is 577. The number of carboxylic acids is 1. The van der Waals surface area contributed by atoms with Crippen molar-refractivity contribution in [3.05, 3.63) is 57.2 Å². The van der Waals surface area contributed by atoms with Crippen LogP contribution in [0.3, 0.4) is 0 Å². The highest BCUT2D eigenvalue weighted by atomic mass is 127. The highest BCUT2D eigenvalue weighted by Gasteiger charge is 2.09. The van der Waals surface area contributed by atoms with Crippen molar-refractivity contribution in [1.29, 1.82) is 0 Å². The molecule has 0 saturated carbocycles. The summed E-state index contributed by atoms with van der Waals surface area (Å²) in [5, 5.41) is 8.94. The Morgan fingerprint density at radius 3 is 2.44 bits per heavy atom. The molecule has 0 saturated heterocycles. The van der Waals surface area contributed by atoms with Gasteiger partial charge in [0, 0.05) is 3.57 Å². The monoisotopic (exact) mass is 352 g/mol. The van der Waals surface area contributed by atoms with Crippen molar-refractivity contribution in [1.82, 2.24) is 0 Å². The molecule has 0 spiro atoms. The van der Waals surface area contributed by atoms with Crippen LogP contribution < -0.4 is 0 Å². The van der Waals surface area contributed by atoms with E-state index in [9.17, 15) is 4.79 Å². The second-order valence-electron chi connectivity index (χ2n) is 4.18. The highest BCUT2D eigenvalue weighted by Crippen LogP contribution is 2.26. The minimum atomic E-state index is -0.792. The third kappa shape index (κ3) is 2.90. The summed E-state index contributed by atoms with van der Waals surface area (Å²) in [7, 11) is 0. The van der Waals surface area contributed by atoms with Gasteiger partial charge in [-0.3, -0.25) is 4.79 Å². The molecule has 2 nitrogen and oxygen atoms in total. The number of rotatable bonds is 3. The van der Waals surface area contributed by atoms with Crippen molar-refractivity contribution in [2.45, 2.75) is 13.3 Å². The number of carboxylic acid groups (broad SMARTS) is 1. The molecule has 0 aliphatic heterocycles. The van der Waals surface area contributed by atoms with Gasteiger partial charge in [0.1, 0.15) is 0 Å². The van der Waals surface area contributed by atoms with Crippen LogP contribution in [0.5, 0.6) is 0 Å². The van der Waals surface area contributed by atoms with Gasteiger partial charge >= 0.3 is 5.97 Å². The molecule has 0 amide bonds. The summed E-state index contributed by atoms with van der Waals surface area (Å²) in [5.74, 6) is -0.792. The van der Waals surface area contributed by atoms with E-state index in [1.165, 1.54) is 0 Å². The van der Waals surface area contributed by atoms with E-state index in [0.29, 0.717) is 0 Å². The third-order valence-electron chi connectivity index (χ3n) is 2.90. The van der Waals surface area contributed by atoms with Gasteiger partial charge in [-0.15, -0.1) is 0 Å². The van der Waals surface area contributed by atoms with E-state index in [1.54, 1.807) is 0 Å². The van der Waals surface area contributed by atoms with Gasteiger partial charge in [0.05, 0.1) is 6.42 Å². The van der Waals surface area contributed by atoms with Crippen molar-refractivity contribution >= 4 is 28.6 Å². The van der Waals surface area contributed by atoms with Crippen LogP contribution >= 0.6 is 22.6 Å². The maximum Gasteiger partial charge on any atom is 0.307 e. The number of hydrogen-bond donors (Lipinski definition) is 1. The van der Waals surface area contributed by atoms with Gasteiger partial charge in [-0.2, -0.15) is 0 Å². The van der Waals surface area contributed by atoms with Crippen molar-refractivity contribution in [3.8, 4) is 11.1 Å². The molecule has 0 unspecified atom stereocenters. The lowest BCUT2D eigenvalue weighted by atomic mass is 9.98. The minimum absolute atomic E-state index is 0.0719. The molecule has 2 aromatic rings. The highest BCUT2D eigenvalue weighted by molar-refractivity contribution is 14.1. The molecule has 0 bridgehead atoms. The molecule has 0 aromatic heterocycles. The fourth-order valence-electron chi connectivity index (χ4n) is 1.88. The second-order valence-corrected chi connectivity index (χ2v) is 5.34. The molecule has 3 heteroatoms. The first-order chi connectivity index (χ1) is 8.58. The van der Waals surface area contributed by atoms with Crippen LogP contribution in [0.2, 0.25) is 0 Å². The van der Waals surface area contributed by atoms with Crippen molar-refractivity contribution in [2.75, 3.05) is 0 Å². The van der Waals surface area contributed by atoms with Crippen LogP contribution in [-0.2, 0) is 11.2 Å². The van der Waals surface area contributed by atoms with Crippen LogP contribution in [0.15, 0.2) is 42.5 Å². The predicted molar refractivity (Wildman–Crippen MR) is 80.7 cm³/mol. The summed E-state index contributed by atoms with van der Waals surface area (Å²) in [6.07, 6.45) is 0.0719. The van der Waals surface area contributed by atoms with E-state index >= 15 is 0 Å². The number of halogens is 1. The lowest BCUT2D eigenvalue weighted by Crippen LogP contribution is -2.03. The average Bonchev–Trinajstić information content (AvgIpc) is 2.35. The first kappa shape index (κ1) is 13.1. The van der Waals surface area contributed by atoms with E-state index in [1.807, 2.05) is 43.3 Å². The Labute approximate surface area is 120 Å². The Kier molecular flexibility index (Phi) is 4.01. The zero-order valence-electron chi connectivity index (χ0n) is 9.98. The fourth-order valence-corrected chi connectivity index (χ4v) is 2.56. The zero-order chi connectivity index (χ0) is 13.1. The normalized spacial score (nSPS) is 10.3. The lowest BCUT2D eigenvalue weighted by molar-refractivity contribution is -0.136. The summed E-state index contributed by atoms with van der Waals surface area (Å²) in [6, 6.07) is 14.1. The SMILES string of the molecule is Cc1c(I)cc(-c2ccccc2)cc1CC(=O)O. The van der Waals surface area contributed by atoms with E-state index < -0.39 is 5.97 Å². The van der Waals surface area contributed by atoms with Crippen molar-refractivity contribution in [3.63, 3.8) is 0 Å². The van der Waals surface area contributed by atoms with Gasteiger partial charge in [-0.25, -0.2) is 0 Å². The Balaban J connectivity index is 2.51. The number of aliphatic carboxylic acids is 1. The Morgan fingerprint density at radius 1 is 1.17 bits per heavy atom. The summed E-state index contributed by atoms with van der Waals surface area (Å²) in [5.41, 5.74) is 4.12. The molecule has 18 heavy (non-hydrogen) atoms. The number of carbonyl (C=O) groups is 1. The number of hydrogen-bond acceptors (Lipinski definition) is 1. The van der Waals surface area contributed by atoms with Gasteiger partial charge in [0.15, 0.2) is 0 Å². The average molecular weight is 352 g/mol. The summed E-state index contributed by atoms with van der Waals surface area (Å²) in [4.78, 5) is 10.9. The van der Waals surface area contributed by atoms with Crippen LogP contribution in [0.25, 0.3) is 11.1 Å². The van der Waals surface area contributed by atoms with E-state index in [0.717, 1.165) is 25.8 Å². The quantitative estimate of drug-likeness (QED) is 0.851. The molecule has 0 aliphatic carbocycles. The molecule has 1 N–H and O–H groups in total. The third-order valence-corrected chi connectivity index (χ3v) is 4.02. The van der Waals surface area contributed by atoms with Gasteiger partial charge in [0.25, 0.3) is 0 Å². The zero-order valence-corrected chi connectivity index (χ0v) is 12.1. The molecule has 0 aliphatic rings. The summed E-state index contributed by atoms with van der Waals surface area (Å²) < 4.78 is 1.10. The molecule has 92 valence electrons. The van der Waals surface area contributed by atoms with Gasteiger partial charge in [-0.05, 0) is 57.8 Å². The van der Waals surface area contributed by atoms with Crippen molar-refractivity contribution in [2.24, 2.45) is 0 Å². The van der Waals surface area contributed by atoms with E-state index in [4.69, 9.17) is 5.11 Å². The molecule has 0 radical (unpaired) electrons. The van der Waals surface area contributed by atoms with Crippen LogP contribution in [0.4, 0.5) is 0 Å². The Morgan fingerprint density at radius 2 is 1.83 bits per heavy atom. The molecule has 2 aromatic carbocycles. The Hall–Kier alpha value is -1.36. The van der Waals surface area contributed by atoms with Crippen LogP contribution in [0, 0.1) is 10.5 Å². The van der Waals surface area contributed by atoms with E-state index in [-0.39, 0.29) is 6.42 Å². The van der Waals surface area contributed by atoms with Crippen LogP contribution in [-0.4, -0.2) is 11.1 Å². The molecular weight excluding hydrogens is 339 g/mol. The standard InChI is InChI=1S/C15H13IO2/c1-10-12(9-15(17)18)7-13(8-14(10)16)11-5-3-2-4-6-11/h2-8H,9H2,1H3,(H,17,18). The fraction of sp³-hybridized carbons (Fsp3) is 0.133. The van der Waals surface area contributed by atoms with E-state index in [2.05, 4.69) is 28.7 Å². The largest absolute Gasteiger partial charge is 0.481 e. The first-order valence-corrected chi connectivity index (χ1v) is 6.72. The molecular formula is C15H13IO2. The molecule has 0 fully saturated rings. The molecule has 2 rings (SSSR count). The smallest absolute Gasteiger partial charge is 0.307 e. The second kappa shape index (κ2) is 5.52. The molecule has 0 heterocycles. The number of benzene rings is 2. The first-order valence-electron chi connectivity index (χ1n) is 5.64. The topological polar surface area (TPSA) is 37.3 Å². The maximum atomic E-state index is 10.9. The lowest BCUT2D eigenvalue weighted by Gasteiger charge is -2.10. The van der Waals surface area contributed by atoms with Crippen molar-refractivity contribution < 1.29 is 9.90 Å². The maximum absolute atomic E-state index is 10.9. The van der Waals surface area contributed by atoms with Crippen LogP contribution in [0.1, 0.15) is 11.1 Å². The predicted octanol–water partition coefficient (Wildman–Crippen LogP) is 3.89. The summed E-state index contributed by atoms with van der Waals surface area (Å²) >= 11 is 2.26. The summed E-state index contributed by atoms with van der Waals surface area (Å²) in [6.45, 7) is 1.97.